The Morgan fingerprint density at radius 1 is 1.46 bits per heavy atom. The van der Waals surface area contributed by atoms with Crippen molar-refractivity contribution in [2.45, 2.75) is 4.90 Å². The number of hydrogen-bond donors (Lipinski definition) is 2. The molecule has 0 unspecified atom stereocenters. The highest BCUT2D eigenvalue weighted by Crippen LogP contribution is 2.19. The van der Waals surface area contributed by atoms with E-state index in [0.717, 1.165) is 0 Å². The Morgan fingerprint density at radius 2 is 2.23 bits per heavy atom. The molecule has 5 nitrogen and oxygen atoms in total. The van der Waals surface area contributed by atoms with Gasteiger partial charge < -0.3 is 4.98 Å². The van der Waals surface area contributed by atoms with Gasteiger partial charge in [0.2, 0.25) is 10.0 Å². The van der Waals surface area contributed by atoms with Crippen LogP contribution in [-0.2, 0) is 10.0 Å². The molecule has 0 aromatic carbocycles. The van der Waals surface area contributed by atoms with Crippen molar-refractivity contribution in [3.63, 3.8) is 0 Å². The van der Waals surface area contributed by atoms with Crippen LogP contribution >= 0.6 is 0 Å². The molecule has 0 spiro atoms. The number of nitrogens with zero attached hydrogens (tertiary/aromatic N) is 1. The summed E-state index contributed by atoms with van der Waals surface area (Å²) in [7, 11) is -3.65. The van der Waals surface area contributed by atoms with Crippen molar-refractivity contribution in [3.8, 4) is 0 Å². The van der Waals surface area contributed by atoms with Crippen molar-refractivity contribution in [2.75, 3.05) is 0 Å². The lowest BCUT2D eigenvalue weighted by Gasteiger charge is -1.93. The van der Waals surface area contributed by atoms with Crippen molar-refractivity contribution in [1.82, 2.24) is 9.97 Å². The molecule has 0 fully saturated rings. The summed E-state index contributed by atoms with van der Waals surface area (Å²) < 4.78 is 22.1. The standard InChI is InChI=1S/C7H7N3O2S/c8-13(11,12)7-4-10-6-3-9-2-1-5(6)7/h1-4,10H,(H2,8,11,12). The van der Waals surface area contributed by atoms with E-state index in [0.29, 0.717) is 10.9 Å². The normalized spacial score (nSPS) is 12.1. The van der Waals surface area contributed by atoms with Crippen LogP contribution in [0.15, 0.2) is 29.6 Å². The molecule has 0 bridgehead atoms. The van der Waals surface area contributed by atoms with E-state index in [2.05, 4.69) is 9.97 Å². The van der Waals surface area contributed by atoms with Gasteiger partial charge in [-0.3, -0.25) is 4.98 Å². The van der Waals surface area contributed by atoms with Crippen LogP contribution in [-0.4, -0.2) is 18.4 Å². The maximum Gasteiger partial charge on any atom is 0.240 e. The van der Waals surface area contributed by atoms with Crippen LogP contribution in [0.4, 0.5) is 0 Å². The van der Waals surface area contributed by atoms with Gasteiger partial charge in [0.15, 0.2) is 0 Å². The fourth-order valence-corrected chi connectivity index (χ4v) is 1.89. The maximum atomic E-state index is 11.0. The lowest BCUT2D eigenvalue weighted by molar-refractivity contribution is 0.598. The molecule has 2 heterocycles. The van der Waals surface area contributed by atoms with Gasteiger partial charge in [0.25, 0.3) is 0 Å². The van der Waals surface area contributed by atoms with Gasteiger partial charge in [-0.1, -0.05) is 0 Å². The Morgan fingerprint density at radius 3 is 2.92 bits per heavy atom. The molecule has 2 aromatic heterocycles. The molecule has 0 atom stereocenters. The highest BCUT2D eigenvalue weighted by Gasteiger charge is 2.13. The average molecular weight is 197 g/mol. The number of sulfonamides is 1. The Balaban J connectivity index is 2.87. The van der Waals surface area contributed by atoms with E-state index in [-0.39, 0.29) is 4.90 Å². The molecular formula is C7H7N3O2S. The number of primary sulfonamides is 1. The SMILES string of the molecule is NS(=O)(=O)c1c[nH]c2cnccc12. The largest absolute Gasteiger partial charge is 0.359 e. The summed E-state index contributed by atoms with van der Waals surface area (Å²) in [4.78, 5) is 6.72. The van der Waals surface area contributed by atoms with E-state index in [1.54, 1.807) is 12.3 Å². The first-order valence-corrected chi connectivity index (χ1v) is 5.07. The molecule has 0 radical (unpaired) electrons. The third-order valence-corrected chi connectivity index (χ3v) is 2.70. The number of hydrogen-bond acceptors (Lipinski definition) is 3. The molecule has 6 heteroatoms. The van der Waals surface area contributed by atoms with Crippen LogP contribution in [0.3, 0.4) is 0 Å². The second-order valence-electron chi connectivity index (χ2n) is 2.62. The summed E-state index contributed by atoms with van der Waals surface area (Å²) in [5, 5.41) is 5.57. The second-order valence-corrected chi connectivity index (χ2v) is 4.15. The van der Waals surface area contributed by atoms with Gasteiger partial charge in [-0.15, -0.1) is 0 Å². The van der Waals surface area contributed by atoms with Crippen LogP contribution in [0.2, 0.25) is 0 Å². The van der Waals surface area contributed by atoms with E-state index in [1.807, 2.05) is 0 Å². The maximum absolute atomic E-state index is 11.0. The third-order valence-electron chi connectivity index (χ3n) is 1.75. The van der Waals surface area contributed by atoms with Gasteiger partial charge in [-0.2, -0.15) is 0 Å². The highest BCUT2D eigenvalue weighted by atomic mass is 32.2. The Kier molecular flexibility index (Phi) is 1.61. The molecule has 2 rings (SSSR count). The molecule has 0 aliphatic rings. The number of nitrogens with one attached hydrogen (secondary N) is 1. The second kappa shape index (κ2) is 2.54. The minimum atomic E-state index is -3.65. The number of aromatic amines is 1. The fraction of sp³-hybridized carbons (Fsp3) is 0. The molecule has 0 saturated carbocycles. The van der Waals surface area contributed by atoms with Crippen LogP contribution in [0, 0.1) is 0 Å². The van der Waals surface area contributed by atoms with Gasteiger partial charge in [-0.05, 0) is 6.07 Å². The minimum Gasteiger partial charge on any atom is -0.359 e. The lowest BCUT2D eigenvalue weighted by atomic mass is 10.3. The van der Waals surface area contributed by atoms with Crippen LogP contribution in [0.5, 0.6) is 0 Å². The number of fused-ring (bicyclic) bond motifs is 1. The summed E-state index contributed by atoms with van der Waals surface area (Å²) in [6.45, 7) is 0. The first-order chi connectivity index (χ1) is 6.09. The molecule has 3 N–H and O–H groups in total. The van der Waals surface area contributed by atoms with Crippen molar-refractivity contribution >= 4 is 20.9 Å². The molecule has 13 heavy (non-hydrogen) atoms. The summed E-state index contributed by atoms with van der Waals surface area (Å²) in [6, 6.07) is 1.60. The Bertz CT molecular complexity index is 544. The summed E-state index contributed by atoms with van der Waals surface area (Å²) in [5.74, 6) is 0. The van der Waals surface area contributed by atoms with Crippen molar-refractivity contribution in [2.24, 2.45) is 5.14 Å². The molecule has 0 saturated heterocycles. The zero-order valence-corrected chi connectivity index (χ0v) is 7.38. The van der Waals surface area contributed by atoms with Gasteiger partial charge in [-0.25, -0.2) is 13.6 Å². The van der Waals surface area contributed by atoms with Crippen molar-refractivity contribution in [3.05, 3.63) is 24.7 Å². The van der Waals surface area contributed by atoms with E-state index in [1.165, 1.54) is 12.4 Å². The number of rotatable bonds is 1. The quantitative estimate of drug-likeness (QED) is 0.684. The van der Waals surface area contributed by atoms with Crippen molar-refractivity contribution in [1.29, 1.82) is 0 Å². The third kappa shape index (κ3) is 1.30. The van der Waals surface area contributed by atoms with E-state index in [4.69, 9.17) is 5.14 Å². The van der Waals surface area contributed by atoms with E-state index >= 15 is 0 Å². The monoisotopic (exact) mass is 197 g/mol. The first kappa shape index (κ1) is 8.21. The predicted octanol–water partition coefficient (Wildman–Crippen LogP) is 0.210. The minimum absolute atomic E-state index is 0.102. The van der Waals surface area contributed by atoms with Gasteiger partial charge in [0.05, 0.1) is 11.7 Å². The summed E-state index contributed by atoms with van der Waals surface area (Å²) >= 11 is 0. The zero-order chi connectivity index (χ0) is 9.47. The number of nitrogens with two attached hydrogens (primary N) is 1. The Hall–Kier alpha value is -1.40. The van der Waals surface area contributed by atoms with Gasteiger partial charge >= 0.3 is 0 Å². The van der Waals surface area contributed by atoms with Crippen molar-refractivity contribution < 1.29 is 8.42 Å². The van der Waals surface area contributed by atoms with Crippen LogP contribution in [0.1, 0.15) is 0 Å². The average Bonchev–Trinajstić information content (AvgIpc) is 2.45. The molecule has 2 aromatic rings. The summed E-state index contributed by atoms with van der Waals surface area (Å²) in [6.07, 6.45) is 4.43. The predicted molar refractivity (Wildman–Crippen MR) is 47.5 cm³/mol. The number of H-pyrrole nitrogens is 1. The first-order valence-electron chi connectivity index (χ1n) is 3.53. The smallest absolute Gasteiger partial charge is 0.240 e. The van der Waals surface area contributed by atoms with E-state index in [9.17, 15) is 8.42 Å². The topological polar surface area (TPSA) is 88.8 Å². The van der Waals surface area contributed by atoms with E-state index < -0.39 is 10.0 Å². The Labute approximate surface area is 74.6 Å². The molecular weight excluding hydrogens is 190 g/mol. The highest BCUT2D eigenvalue weighted by molar-refractivity contribution is 7.89. The van der Waals surface area contributed by atoms with Crippen LogP contribution < -0.4 is 5.14 Å². The summed E-state index contributed by atoms with van der Waals surface area (Å²) in [5.41, 5.74) is 0.659. The molecule has 68 valence electrons. The van der Waals surface area contributed by atoms with Crippen LogP contribution in [0.25, 0.3) is 10.9 Å². The number of pyridine rings is 1. The molecule has 0 aliphatic heterocycles. The number of aromatic nitrogens is 2. The van der Waals surface area contributed by atoms with Gasteiger partial charge in [0, 0.05) is 17.8 Å². The molecule has 0 aliphatic carbocycles. The zero-order valence-electron chi connectivity index (χ0n) is 6.56. The fourth-order valence-electron chi connectivity index (χ4n) is 1.18. The molecule has 0 amide bonds. The van der Waals surface area contributed by atoms with Gasteiger partial charge in [0.1, 0.15) is 4.90 Å². The lowest BCUT2D eigenvalue weighted by Crippen LogP contribution is -2.11.